The zero-order chi connectivity index (χ0) is 19.4. The van der Waals surface area contributed by atoms with E-state index in [-0.39, 0.29) is 12.0 Å². The Morgan fingerprint density at radius 2 is 2.15 bits per heavy atom. The van der Waals surface area contributed by atoms with Crippen molar-refractivity contribution in [1.29, 1.82) is 10.5 Å². The Balaban J connectivity index is 1.84. The lowest BCUT2D eigenvalue weighted by molar-refractivity contribution is 0.218. The lowest BCUT2D eigenvalue weighted by Crippen LogP contribution is -2.26. The van der Waals surface area contributed by atoms with Crippen molar-refractivity contribution in [3.05, 3.63) is 45.8 Å². The second-order valence-corrected chi connectivity index (χ2v) is 8.96. The maximum atomic E-state index is 9.66. The minimum atomic E-state index is 0.0196. The molecule has 1 heterocycles. The zero-order valence-electron chi connectivity index (χ0n) is 16.0. The molecule has 138 valence electrons. The van der Waals surface area contributed by atoms with Gasteiger partial charge >= 0.3 is 0 Å². The first-order valence-electron chi connectivity index (χ1n) is 9.11. The van der Waals surface area contributed by atoms with Crippen LogP contribution in [0.1, 0.15) is 48.8 Å². The van der Waals surface area contributed by atoms with E-state index >= 15 is 0 Å². The van der Waals surface area contributed by atoms with Crippen LogP contribution >= 0.6 is 11.3 Å². The van der Waals surface area contributed by atoms with Crippen molar-refractivity contribution in [3.8, 4) is 17.9 Å². The molecule has 2 aromatic rings. The fraction of sp³-hybridized carbons (Fsp3) is 0.409. The van der Waals surface area contributed by atoms with Crippen LogP contribution in [0.3, 0.4) is 0 Å². The van der Waals surface area contributed by atoms with Gasteiger partial charge in [-0.25, -0.2) is 4.99 Å². The molecule has 3 rings (SSSR count). The molecular weight excluding hydrogens is 354 g/mol. The van der Waals surface area contributed by atoms with Crippen LogP contribution in [0.2, 0.25) is 0 Å². The van der Waals surface area contributed by atoms with Crippen molar-refractivity contribution in [2.75, 3.05) is 6.61 Å². The van der Waals surface area contributed by atoms with Crippen molar-refractivity contribution in [2.24, 2.45) is 16.3 Å². The van der Waals surface area contributed by atoms with Crippen molar-refractivity contribution >= 4 is 22.6 Å². The van der Waals surface area contributed by atoms with E-state index in [1.807, 2.05) is 30.3 Å². The molecular formula is C22H23N3OS. The van der Waals surface area contributed by atoms with Gasteiger partial charge in [0.05, 0.1) is 5.56 Å². The average Bonchev–Trinajstić information content (AvgIpc) is 3.01. The molecule has 1 aliphatic rings. The summed E-state index contributed by atoms with van der Waals surface area (Å²) in [7, 11) is 0. The predicted molar refractivity (Wildman–Crippen MR) is 109 cm³/mol. The first-order chi connectivity index (χ1) is 12.9. The number of aliphatic imine (C=N–C) groups is 1. The van der Waals surface area contributed by atoms with Gasteiger partial charge in [-0.05, 0) is 53.9 Å². The minimum absolute atomic E-state index is 0.0196. The Labute approximate surface area is 164 Å². The van der Waals surface area contributed by atoms with Gasteiger partial charge < -0.3 is 4.74 Å². The molecule has 0 saturated heterocycles. The standard InChI is InChI=1S/C22H23N3OS/c1-22(2,3)16-7-8-18-19(13-24)21(27-20(18)12-16)25-14-15-5-4-6-17(11-15)26-10-9-23/h4-6,11,14,16H,7-8,10,12H2,1-3H3/t16-/m0/s1. The third kappa shape index (κ3) is 4.38. The first-order valence-corrected chi connectivity index (χ1v) is 9.92. The number of ether oxygens (including phenoxy) is 1. The summed E-state index contributed by atoms with van der Waals surface area (Å²) in [5, 5.41) is 19.1. The molecule has 0 N–H and O–H groups in total. The Bertz CT molecular complexity index is 938. The predicted octanol–water partition coefficient (Wildman–Crippen LogP) is 5.42. The van der Waals surface area contributed by atoms with E-state index in [1.165, 1.54) is 10.4 Å². The normalized spacial score (nSPS) is 16.6. The maximum Gasteiger partial charge on any atom is 0.174 e. The highest BCUT2D eigenvalue weighted by Gasteiger charge is 2.32. The van der Waals surface area contributed by atoms with E-state index in [0.29, 0.717) is 11.7 Å². The van der Waals surface area contributed by atoms with Gasteiger partial charge in [-0.3, -0.25) is 0 Å². The minimum Gasteiger partial charge on any atom is -0.479 e. The van der Waals surface area contributed by atoms with Gasteiger partial charge in [0.25, 0.3) is 0 Å². The summed E-state index contributed by atoms with van der Waals surface area (Å²) in [6.45, 7) is 6.90. The van der Waals surface area contributed by atoms with Crippen LogP contribution in [-0.4, -0.2) is 12.8 Å². The highest BCUT2D eigenvalue weighted by molar-refractivity contribution is 7.16. The van der Waals surface area contributed by atoms with E-state index in [4.69, 9.17) is 10.00 Å². The molecule has 5 heteroatoms. The summed E-state index contributed by atoms with van der Waals surface area (Å²) < 4.78 is 5.33. The largest absolute Gasteiger partial charge is 0.479 e. The summed E-state index contributed by atoms with van der Waals surface area (Å²) in [5.74, 6) is 1.28. The number of thiophene rings is 1. The smallest absolute Gasteiger partial charge is 0.174 e. The van der Waals surface area contributed by atoms with Gasteiger partial charge in [-0.2, -0.15) is 10.5 Å². The van der Waals surface area contributed by atoms with E-state index in [2.05, 4.69) is 31.8 Å². The molecule has 27 heavy (non-hydrogen) atoms. The van der Waals surface area contributed by atoms with Crippen LogP contribution < -0.4 is 4.74 Å². The molecule has 1 aromatic heterocycles. The molecule has 0 spiro atoms. The average molecular weight is 378 g/mol. The molecule has 0 bridgehead atoms. The van der Waals surface area contributed by atoms with Gasteiger partial charge in [-0.1, -0.05) is 32.9 Å². The molecule has 1 aromatic carbocycles. The number of nitrogens with zero attached hydrogens (tertiary/aromatic N) is 3. The van der Waals surface area contributed by atoms with E-state index in [0.717, 1.165) is 35.4 Å². The van der Waals surface area contributed by atoms with Gasteiger partial charge in [0.1, 0.15) is 22.9 Å². The summed E-state index contributed by atoms with van der Waals surface area (Å²) in [4.78, 5) is 5.93. The maximum absolute atomic E-state index is 9.66. The second kappa shape index (κ2) is 7.94. The SMILES string of the molecule is CC(C)(C)[C@H]1CCc2c(sc(N=Cc3cccc(OCC#N)c3)c2C#N)C1. The number of hydrogen-bond donors (Lipinski definition) is 0. The Morgan fingerprint density at radius 3 is 2.85 bits per heavy atom. The molecule has 0 amide bonds. The van der Waals surface area contributed by atoms with Crippen LogP contribution in [0.15, 0.2) is 29.3 Å². The lowest BCUT2D eigenvalue weighted by Gasteiger charge is -2.33. The number of benzene rings is 1. The topological polar surface area (TPSA) is 69.2 Å². The third-order valence-electron chi connectivity index (χ3n) is 5.08. The Hall–Kier alpha value is -2.63. The molecule has 1 aliphatic carbocycles. The molecule has 0 radical (unpaired) electrons. The van der Waals surface area contributed by atoms with Crippen LogP contribution in [0, 0.1) is 34.0 Å². The third-order valence-corrected chi connectivity index (χ3v) is 6.24. The zero-order valence-corrected chi connectivity index (χ0v) is 16.8. The number of fused-ring (bicyclic) bond motifs is 1. The van der Waals surface area contributed by atoms with E-state index < -0.39 is 0 Å². The van der Waals surface area contributed by atoms with Gasteiger partial charge in [0, 0.05) is 11.1 Å². The van der Waals surface area contributed by atoms with Crippen LogP contribution in [0.4, 0.5) is 5.00 Å². The monoisotopic (exact) mass is 377 g/mol. The summed E-state index contributed by atoms with van der Waals surface area (Å²) in [6, 6.07) is 11.8. The van der Waals surface area contributed by atoms with Crippen LogP contribution in [-0.2, 0) is 12.8 Å². The first kappa shape index (κ1) is 19.1. The fourth-order valence-electron chi connectivity index (χ4n) is 3.45. The summed E-state index contributed by atoms with van der Waals surface area (Å²) >= 11 is 1.65. The van der Waals surface area contributed by atoms with Gasteiger partial charge in [0.2, 0.25) is 0 Å². The van der Waals surface area contributed by atoms with E-state index in [1.54, 1.807) is 17.6 Å². The molecule has 0 unspecified atom stereocenters. The van der Waals surface area contributed by atoms with Gasteiger partial charge in [0.15, 0.2) is 6.61 Å². The number of nitriles is 2. The van der Waals surface area contributed by atoms with Crippen LogP contribution in [0.25, 0.3) is 0 Å². The van der Waals surface area contributed by atoms with Crippen molar-refractivity contribution in [2.45, 2.75) is 40.0 Å². The number of rotatable bonds is 4. The van der Waals surface area contributed by atoms with Crippen molar-refractivity contribution < 1.29 is 4.74 Å². The second-order valence-electron chi connectivity index (χ2n) is 7.88. The summed E-state index contributed by atoms with van der Waals surface area (Å²) in [6.07, 6.45) is 4.89. The molecule has 0 saturated carbocycles. The lowest BCUT2D eigenvalue weighted by atomic mass is 9.72. The van der Waals surface area contributed by atoms with Gasteiger partial charge in [-0.15, -0.1) is 11.3 Å². The molecule has 1 atom stereocenters. The molecule has 0 aliphatic heterocycles. The van der Waals surface area contributed by atoms with Crippen molar-refractivity contribution in [3.63, 3.8) is 0 Å². The highest BCUT2D eigenvalue weighted by Crippen LogP contribution is 2.44. The Kier molecular flexibility index (Phi) is 5.63. The number of hydrogen-bond acceptors (Lipinski definition) is 5. The molecule has 4 nitrogen and oxygen atoms in total. The quantitative estimate of drug-likeness (QED) is 0.668. The van der Waals surface area contributed by atoms with Crippen LogP contribution in [0.5, 0.6) is 5.75 Å². The van der Waals surface area contributed by atoms with Crippen molar-refractivity contribution in [1.82, 2.24) is 0 Å². The van der Waals surface area contributed by atoms with E-state index in [9.17, 15) is 5.26 Å². The highest BCUT2D eigenvalue weighted by atomic mass is 32.1. The Morgan fingerprint density at radius 1 is 1.33 bits per heavy atom. The fourth-order valence-corrected chi connectivity index (χ4v) is 4.67. The molecule has 0 fully saturated rings. The summed E-state index contributed by atoms with van der Waals surface area (Å²) in [5.41, 5.74) is 3.09.